The van der Waals surface area contributed by atoms with E-state index in [1.807, 2.05) is 7.05 Å². The fraction of sp³-hybridized carbons (Fsp3) is 0.467. The van der Waals surface area contributed by atoms with E-state index in [0.29, 0.717) is 23.7 Å². The van der Waals surface area contributed by atoms with E-state index >= 15 is 0 Å². The maximum Gasteiger partial charge on any atom is 0.252 e. The summed E-state index contributed by atoms with van der Waals surface area (Å²) < 4.78 is 0. The third kappa shape index (κ3) is 5.39. The second-order valence-electron chi connectivity index (χ2n) is 4.75. The van der Waals surface area contributed by atoms with Gasteiger partial charge in [0.25, 0.3) is 5.91 Å². The molecule has 0 atom stereocenters. The number of aromatic nitrogens is 1. The highest BCUT2D eigenvalue weighted by Gasteiger charge is 2.07. The van der Waals surface area contributed by atoms with Crippen molar-refractivity contribution in [3.05, 3.63) is 29.6 Å². The molecule has 1 rings (SSSR count). The van der Waals surface area contributed by atoms with Crippen LogP contribution in [0.25, 0.3) is 0 Å². The molecule has 2 N–H and O–H groups in total. The molecular weight excluding hydrogens is 254 g/mol. The molecule has 0 radical (unpaired) electrons. The number of rotatable bonds is 5. The maximum absolute atomic E-state index is 12.0. The van der Waals surface area contributed by atoms with E-state index in [0.717, 1.165) is 6.54 Å². The predicted octanol–water partition coefficient (Wildman–Crippen LogP) is 0.495. The van der Waals surface area contributed by atoms with Crippen LogP contribution in [0.2, 0.25) is 0 Å². The summed E-state index contributed by atoms with van der Waals surface area (Å²) in [6, 6.07) is 2.11. The van der Waals surface area contributed by atoms with Crippen molar-refractivity contribution in [2.45, 2.75) is 19.9 Å². The van der Waals surface area contributed by atoms with Gasteiger partial charge in [-0.25, -0.2) is 0 Å². The lowest BCUT2D eigenvalue weighted by Crippen LogP contribution is -2.36. The van der Waals surface area contributed by atoms with E-state index in [1.165, 1.54) is 6.20 Å². The van der Waals surface area contributed by atoms with Gasteiger partial charge in [0.15, 0.2) is 0 Å². The monoisotopic (exact) mass is 275 g/mol. The van der Waals surface area contributed by atoms with Crippen LogP contribution in [0, 0.1) is 11.8 Å². The van der Waals surface area contributed by atoms with Gasteiger partial charge in [0, 0.05) is 37.1 Å². The smallest absolute Gasteiger partial charge is 0.252 e. The fourth-order valence-corrected chi connectivity index (χ4v) is 1.48. The van der Waals surface area contributed by atoms with Gasteiger partial charge in [0.05, 0.1) is 5.56 Å². The van der Waals surface area contributed by atoms with E-state index in [4.69, 9.17) is 5.11 Å². The summed E-state index contributed by atoms with van der Waals surface area (Å²) in [6.45, 7) is 5.38. The Kier molecular flexibility index (Phi) is 6.71. The molecule has 108 valence electrons. The molecule has 0 aromatic carbocycles. The largest absolute Gasteiger partial charge is 0.384 e. The molecule has 0 fully saturated rings. The first-order valence-electron chi connectivity index (χ1n) is 6.57. The number of nitrogens with one attached hydrogen (secondary N) is 1. The summed E-state index contributed by atoms with van der Waals surface area (Å²) in [6.07, 6.45) is 3.07. The van der Waals surface area contributed by atoms with Crippen LogP contribution in [0.5, 0.6) is 0 Å². The van der Waals surface area contributed by atoms with Crippen molar-refractivity contribution in [3.8, 4) is 11.8 Å². The van der Waals surface area contributed by atoms with Crippen LogP contribution in [0.4, 0.5) is 0 Å². The van der Waals surface area contributed by atoms with Gasteiger partial charge in [-0.2, -0.15) is 0 Å². The normalized spacial score (nSPS) is 10.3. The van der Waals surface area contributed by atoms with E-state index in [-0.39, 0.29) is 12.5 Å². The molecule has 0 spiro atoms. The number of pyridine rings is 1. The molecule has 0 aliphatic heterocycles. The summed E-state index contributed by atoms with van der Waals surface area (Å²) in [4.78, 5) is 18.1. The number of hydrogen-bond donors (Lipinski definition) is 2. The first kappa shape index (κ1) is 16.2. The van der Waals surface area contributed by atoms with E-state index in [9.17, 15) is 4.79 Å². The van der Waals surface area contributed by atoms with Gasteiger partial charge in [0.1, 0.15) is 6.61 Å². The first-order valence-corrected chi connectivity index (χ1v) is 6.57. The van der Waals surface area contributed by atoms with Gasteiger partial charge in [-0.1, -0.05) is 11.8 Å². The minimum absolute atomic E-state index is 0.165. The number of hydrogen-bond acceptors (Lipinski definition) is 4. The molecule has 0 aliphatic rings. The molecule has 1 aromatic heterocycles. The second kappa shape index (κ2) is 8.31. The lowest BCUT2D eigenvalue weighted by Gasteiger charge is -2.20. The Labute approximate surface area is 120 Å². The molecule has 0 saturated carbocycles. The molecule has 0 bridgehead atoms. The highest BCUT2D eigenvalue weighted by molar-refractivity contribution is 5.94. The van der Waals surface area contributed by atoms with Gasteiger partial charge < -0.3 is 15.3 Å². The number of aliphatic hydroxyl groups is 1. The lowest BCUT2D eigenvalue weighted by atomic mass is 10.2. The number of carbonyl (C=O) groups is 1. The van der Waals surface area contributed by atoms with E-state index < -0.39 is 0 Å². The molecule has 1 aromatic rings. The summed E-state index contributed by atoms with van der Waals surface area (Å²) in [5.41, 5.74) is 1.09. The summed E-state index contributed by atoms with van der Waals surface area (Å²) in [5, 5.41) is 11.5. The molecule has 5 heteroatoms. The van der Waals surface area contributed by atoms with Crippen LogP contribution in [0.3, 0.4) is 0 Å². The molecule has 1 heterocycles. The minimum Gasteiger partial charge on any atom is -0.384 e. The average molecular weight is 275 g/mol. The van der Waals surface area contributed by atoms with Gasteiger partial charge in [0.2, 0.25) is 0 Å². The van der Waals surface area contributed by atoms with E-state index in [1.54, 1.807) is 12.3 Å². The Morgan fingerprint density at radius 2 is 2.25 bits per heavy atom. The van der Waals surface area contributed by atoms with Crippen LogP contribution >= 0.6 is 0 Å². The van der Waals surface area contributed by atoms with Gasteiger partial charge in [-0.15, -0.1) is 0 Å². The molecular formula is C15H21N3O2. The first-order chi connectivity index (χ1) is 9.54. The third-order valence-electron chi connectivity index (χ3n) is 2.94. The molecule has 0 saturated heterocycles. The van der Waals surface area contributed by atoms with Crippen molar-refractivity contribution in [2.24, 2.45) is 0 Å². The third-order valence-corrected chi connectivity index (χ3v) is 2.94. The lowest BCUT2D eigenvalue weighted by molar-refractivity contribution is 0.0947. The molecule has 20 heavy (non-hydrogen) atoms. The zero-order valence-electron chi connectivity index (χ0n) is 12.2. The van der Waals surface area contributed by atoms with Crippen LogP contribution in [-0.2, 0) is 0 Å². The van der Waals surface area contributed by atoms with Crippen LogP contribution in [-0.4, -0.2) is 53.7 Å². The van der Waals surface area contributed by atoms with Crippen molar-refractivity contribution >= 4 is 5.91 Å². The predicted molar refractivity (Wildman–Crippen MR) is 78.3 cm³/mol. The topological polar surface area (TPSA) is 65.5 Å². The molecule has 5 nitrogen and oxygen atoms in total. The summed E-state index contributed by atoms with van der Waals surface area (Å²) >= 11 is 0. The quantitative estimate of drug-likeness (QED) is 0.768. The Bertz CT molecular complexity index is 503. The van der Waals surface area contributed by atoms with Gasteiger partial charge in [-0.05, 0) is 27.0 Å². The van der Waals surface area contributed by atoms with E-state index in [2.05, 4.69) is 40.9 Å². The zero-order valence-corrected chi connectivity index (χ0v) is 12.2. The molecule has 0 unspecified atom stereocenters. The van der Waals surface area contributed by atoms with Crippen molar-refractivity contribution in [1.29, 1.82) is 0 Å². The standard InChI is InChI=1S/C15H21N3O2/c1-12(2)18(3)7-6-17-15(20)14-9-13(5-4-8-19)10-16-11-14/h9-12,19H,6-8H2,1-3H3,(H,17,20). The Balaban J connectivity index is 2.55. The van der Waals surface area contributed by atoms with Crippen molar-refractivity contribution in [1.82, 2.24) is 15.2 Å². The number of aliphatic hydroxyl groups excluding tert-OH is 1. The number of nitrogens with zero attached hydrogens (tertiary/aromatic N) is 2. The van der Waals surface area contributed by atoms with Crippen molar-refractivity contribution in [2.75, 3.05) is 26.7 Å². The summed E-state index contributed by atoms with van der Waals surface area (Å²) in [5.74, 6) is 5.09. The van der Waals surface area contributed by atoms with Crippen molar-refractivity contribution in [3.63, 3.8) is 0 Å². The Morgan fingerprint density at radius 3 is 2.90 bits per heavy atom. The Hall–Kier alpha value is -1.90. The van der Waals surface area contributed by atoms with Gasteiger partial charge in [-0.3, -0.25) is 9.78 Å². The zero-order chi connectivity index (χ0) is 15.0. The maximum atomic E-state index is 12.0. The highest BCUT2D eigenvalue weighted by atomic mass is 16.2. The number of likely N-dealkylation sites (N-methyl/N-ethyl adjacent to an activating group) is 1. The van der Waals surface area contributed by atoms with Crippen LogP contribution in [0.1, 0.15) is 29.8 Å². The fourth-order valence-electron chi connectivity index (χ4n) is 1.48. The van der Waals surface area contributed by atoms with Crippen molar-refractivity contribution < 1.29 is 9.90 Å². The molecule has 0 aliphatic carbocycles. The second-order valence-corrected chi connectivity index (χ2v) is 4.75. The average Bonchev–Trinajstić information content (AvgIpc) is 2.45. The van der Waals surface area contributed by atoms with Crippen LogP contribution < -0.4 is 5.32 Å². The number of amides is 1. The Morgan fingerprint density at radius 1 is 1.50 bits per heavy atom. The van der Waals surface area contributed by atoms with Crippen LogP contribution in [0.15, 0.2) is 18.5 Å². The molecule has 1 amide bonds. The number of carbonyl (C=O) groups excluding carboxylic acids is 1. The highest BCUT2D eigenvalue weighted by Crippen LogP contribution is 2.01. The summed E-state index contributed by atoms with van der Waals surface area (Å²) in [7, 11) is 2.02. The van der Waals surface area contributed by atoms with Gasteiger partial charge >= 0.3 is 0 Å². The minimum atomic E-state index is -0.210. The SMILES string of the molecule is CC(C)N(C)CCNC(=O)c1cncc(C#CCO)c1.